The summed E-state index contributed by atoms with van der Waals surface area (Å²) in [6, 6.07) is 4.45. The number of nitrogens with one attached hydrogen (secondary N) is 1. The highest BCUT2D eigenvalue weighted by Gasteiger charge is 2.26. The van der Waals surface area contributed by atoms with E-state index < -0.39 is 0 Å². The normalized spacial score (nSPS) is 21.7. The third-order valence-corrected chi connectivity index (χ3v) is 6.70. The molecule has 3 heterocycles. The Hall–Kier alpha value is -1.07. The highest BCUT2D eigenvalue weighted by Crippen LogP contribution is 2.24. The quantitative estimate of drug-likeness (QED) is 0.836. The Morgan fingerprint density at radius 2 is 1.92 bits per heavy atom. The molecule has 1 atom stereocenters. The molecule has 0 aliphatic carbocycles. The van der Waals surface area contributed by atoms with E-state index in [9.17, 15) is 4.79 Å². The van der Waals surface area contributed by atoms with Crippen molar-refractivity contribution < 1.29 is 4.79 Å². The second-order valence-electron chi connectivity index (χ2n) is 7.57. The van der Waals surface area contributed by atoms with Crippen molar-refractivity contribution in [3.63, 3.8) is 0 Å². The van der Waals surface area contributed by atoms with Crippen molar-refractivity contribution in [1.29, 1.82) is 0 Å². The van der Waals surface area contributed by atoms with Gasteiger partial charge in [-0.2, -0.15) is 0 Å². The molecule has 1 aromatic rings. The van der Waals surface area contributed by atoms with Crippen LogP contribution < -0.4 is 5.32 Å². The monoisotopic (exact) mass is 363 g/mol. The number of piperidine rings is 1. The van der Waals surface area contributed by atoms with Crippen molar-refractivity contribution in [2.24, 2.45) is 5.92 Å². The van der Waals surface area contributed by atoms with E-state index in [0.29, 0.717) is 0 Å². The van der Waals surface area contributed by atoms with E-state index in [1.54, 1.807) is 11.3 Å². The zero-order chi connectivity index (χ0) is 17.5. The number of amides is 2. The van der Waals surface area contributed by atoms with E-state index in [-0.39, 0.29) is 12.1 Å². The van der Waals surface area contributed by atoms with Crippen molar-refractivity contribution in [1.82, 2.24) is 15.1 Å². The van der Waals surface area contributed by atoms with E-state index >= 15 is 0 Å². The summed E-state index contributed by atoms with van der Waals surface area (Å²) in [7, 11) is 0. The van der Waals surface area contributed by atoms with Crippen LogP contribution in [0.25, 0.3) is 0 Å². The SMILES string of the molecule is CCC(NC(=O)N1CCC(CN2CCCCCC2)CC1)c1cccs1. The Labute approximate surface area is 156 Å². The Balaban J connectivity index is 1.42. The van der Waals surface area contributed by atoms with Crippen LogP contribution in [0.1, 0.15) is 62.8 Å². The molecule has 2 fully saturated rings. The average molecular weight is 364 g/mol. The van der Waals surface area contributed by atoms with Gasteiger partial charge in [0.05, 0.1) is 6.04 Å². The standard InChI is InChI=1S/C20H33N3OS/c1-2-18(19-8-7-15-25-19)21-20(24)23-13-9-17(10-14-23)16-22-11-5-3-4-6-12-22/h7-8,15,17-18H,2-6,9-14,16H2,1H3,(H,21,24). The number of likely N-dealkylation sites (tertiary alicyclic amines) is 2. The van der Waals surface area contributed by atoms with Gasteiger partial charge in [0.1, 0.15) is 0 Å². The second-order valence-corrected chi connectivity index (χ2v) is 8.55. The number of nitrogens with zero attached hydrogens (tertiary/aromatic N) is 2. The summed E-state index contributed by atoms with van der Waals surface area (Å²) in [6.45, 7) is 7.75. The molecular formula is C20H33N3OS. The molecule has 2 aliphatic rings. The molecule has 5 heteroatoms. The summed E-state index contributed by atoms with van der Waals surface area (Å²) < 4.78 is 0. The minimum Gasteiger partial charge on any atom is -0.330 e. The molecule has 2 saturated heterocycles. The summed E-state index contributed by atoms with van der Waals surface area (Å²) in [5, 5.41) is 5.31. The molecule has 0 aromatic carbocycles. The fourth-order valence-electron chi connectivity index (χ4n) is 4.11. The van der Waals surface area contributed by atoms with Crippen molar-refractivity contribution in [2.45, 2.75) is 57.9 Å². The lowest BCUT2D eigenvalue weighted by Crippen LogP contribution is -2.46. The summed E-state index contributed by atoms with van der Waals surface area (Å²) in [5.74, 6) is 0.765. The molecule has 2 amide bonds. The van der Waals surface area contributed by atoms with Crippen LogP contribution >= 0.6 is 11.3 Å². The fourth-order valence-corrected chi connectivity index (χ4v) is 4.97. The van der Waals surface area contributed by atoms with Crippen LogP contribution in [-0.2, 0) is 0 Å². The largest absolute Gasteiger partial charge is 0.330 e. The Morgan fingerprint density at radius 1 is 1.20 bits per heavy atom. The van der Waals surface area contributed by atoms with Gasteiger partial charge in [-0.3, -0.25) is 0 Å². The molecule has 4 nitrogen and oxygen atoms in total. The summed E-state index contributed by atoms with van der Waals surface area (Å²) >= 11 is 1.73. The smallest absolute Gasteiger partial charge is 0.317 e. The van der Waals surface area contributed by atoms with Gasteiger partial charge in [0.25, 0.3) is 0 Å². The molecule has 0 bridgehead atoms. The van der Waals surface area contributed by atoms with E-state index in [2.05, 4.69) is 34.7 Å². The van der Waals surface area contributed by atoms with Crippen LogP contribution in [0.2, 0.25) is 0 Å². The van der Waals surface area contributed by atoms with Crippen LogP contribution in [0, 0.1) is 5.92 Å². The first-order valence-corrected chi connectivity index (χ1v) is 11.0. The van der Waals surface area contributed by atoms with Gasteiger partial charge >= 0.3 is 6.03 Å². The van der Waals surface area contributed by atoms with E-state index in [1.807, 2.05) is 4.90 Å². The molecule has 25 heavy (non-hydrogen) atoms. The van der Waals surface area contributed by atoms with Crippen molar-refractivity contribution >= 4 is 17.4 Å². The highest BCUT2D eigenvalue weighted by atomic mass is 32.1. The summed E-state index contributed by atoms with van der Waals surface area (Å²) in [5.41, 5.74) is 0. The molecule has 2 aliphatic heterocycles. The number of hydrogen-bond donors (Lipinski definition) is 1. The molecule has 0 radical (unpaired) electrons. The number of thiophene rings is 1. The molecular weight excluding hydrogens is 330 g/mol. The van der Waals surface area contributed by atoms with E-state index in [0.717, 1.165) is 38.3 Å². The molecule has 0 spiro atoms. The molecule has 1 N–H and O–H groups in total. The summed E-state index contributed by atoms with van der Waals surface area (Å²) in [4.78, 5) is 18.6. The molecule has 3 rings (SSSR count). The minimum atomic E-state index is 0.119. The lowest BCUT2D eigenvalue weighted by Gasteiger charge is -2.35. The number of rotatable bonds is 5. The zero-order valence-corrected chi connectivity index (χ0v) is 16.4. The third kappa shape index (κ3) is 5.45. The fraction of sp³-hybridized carbons (Fsp3) is 0.750. The van der Waals surface area contributed by atoms with Crippen molar-refractivity contribution in [3.05, 3.63) is 22.4 Å². The molecule has 140 valence electrons. The first-order valence-electron chi connectivity index (χ1n) is 10.1. The van der Waals surface area contributed by atoms with Gasteiger partial charge in [0, 0.05) is 24.5 Å². The topological polar surface area (TPSA) is 35.6 Å². The van der Waals surface area contributed by atoms with Gasteiger partial charge in [-0.1, -0.05) is 25.8 Å². The van der Waals surface area contributed by atoms with Crippen LogP contribution in [0.15, 0.2) is 17.5 Å². The maximum atomic E-state index is 12.6. The lowest BCUT2D eigenvalue weighted by molar-refractivity contribution is 0.145. The average Bonchev–Trinajstić information content (AvgIpc) is 3.05. The van der Waals surface area contributed by atoms with Crippen LogP contribution in [0.5, 0.6) is 0 Å². The van der Waals surface area contributed by atoms with Crippen LogP contribution in [0.3, 0.4) is 0 Å². The first kappa shape index (κ1) is 18.7. The first-order chi connectivity index (χ1) is 12.3. The molecule has 1 unspecified atom stereocenters. The van der Waals surface area contributed by atoms with Gasteiger partial charge in [0.15, 0.2) is 0 Å². The maximum Gasteiger partial charge on any atom is 0.317 e. The van der Waals surface area contributed by atoms with Gasteiger partial charge in [-0.05, 0) is 62.6 Å². The van der Waals surface area contributed by atoms with Gasteiger partial charge in [0.2, 0.25) is 0 Å². The predicted molar refractivity (Wildman–Crippen MR) is 105 cm³/mol. The Bertz CT molecular complexity index is 503. The van der Waals surface area contributed by atoms with E-state index in [1.165, 1.54) is 50.2 Å². The van der Waals surface area contributed by atoms with E-state index in [4.69, 9.17) is 0 Å². The molecule has 1 aromatic heterocycles. The minimum absolute atomic E-state index is 0.119. The van der Waals surface area contributed by atoms with Gasteiger partial charge < -0.3 is 15.1 Å². The second kappa shape index (κ2) is 9.58. The zero-order valence-electron chi connectivity index (χ0n) is 15.6. The van der Waals surface area contributed by atoms with Crippen LogP contribution in [-0.4, -0.2) is 48.6 Å². The Morgan fingerprint density at radius 3 is 2.52 bits per heavy atom. The predicted octanol–water partition coefficient (Wildman–Crippen LogP) is 4.50. The van der Waals surface area contributed by atoms with Crippen LogP contribution in [0.4, 0.5) is 4.79 Å². The van der Waals surface area contributed by atoms with Gasteiger partial charge in [-0.15, -0.1) is 11.3 Å². The molecule has 0 saturated carbocycles. The third-order valence-electron chi connectivity index (χ3n) is 5.71. The van der Waals surface area contributed by atoms with Gasteiger partial charge in [-0.25, -0.2) is 4.79 Å². The number of hydrogen-bond acceptors (Lipinski definition) is 3. The highest BCUT2D eigenvalue weighted by molar-refractivity contribution is 7.10. The summed E-state index contributed by atoms with van der Waals surface area (Å²) in [6.07, 6.45) is 8.78. The number of urea groups is 1. The van der Waals surface area contributed by atoms with Crippen molar-refractivity contribution in [2.75, 3.05) is 32.7 Å². The number of carbonyl (C=O) groups excluding carboxylic acids is 1. The lowest BCUT2D eigenvalue weighted by atomic mass is 9.96. The maximum absolute atomic E-state index is 12.6. The Kier molecular flexibility index (Phi) is 7.17. The van der Waals surface area contributed by atoms with Crippen molar-refractivity contribution in [3.8, 4) is 0 Å². The number of carbonyl (C=O) groups is 1.